The molecule has 2 N–H and O–H groups in total. The van der Waals surface area contributed by atoms with Gasteiger partial charge in [0.2, 0.25) is 19.7 Å². The maximum Gasteiger partial charge on any atom is 0.326 e. The van der Waals surface area contributed by atoms with Crippen LogP contribution in [0.4, 0.5) is 14.7 Å². The monoisotopic (exact) mass is 192 g/mol. The molecule has 0 amide bonds. The molecule has 1 aromatic heterocycles. The second-order valence-electron chi connectivity index (χ2n) is 1.77. The molecular weight excluding hydrogens is 186 g/mol. The molecule has 0 fully saturated rings. The minimum Gasteiger partial charge on any atom is -0.431 e. The SMILES string of the molecule is Nc1nc(OCF)nc(OCF)n1. The van der Waals surface area contributed by atoms with Gasteiger partial charge in [0.25, 0.3) is 0 Å². The van der Waals surface area contributed by atoms with Crippen LogP contribution in [0.25, 0.3) is 0 Å². The largest absolute Gasteiger partial charge is 0.431 e. The number of nitrogens with two attached hydrogens (primary N) is 1. The first kappa shape index (κ1) is 9.36. The van der Waals surface area contributed by atoms with Gasteiger partial charge in [0.15, 0.2) is 0 Å². The normalized spacial score (nSPS) is 9.69. The summed E-state index contributed by atoms with van der Waals surface area (Å²) < 4.78 is 31.8. The van der Waals surface area contributed by atoms with Gasteiger partial charge in [-0.15, -0.1) is 4.98 Å². The van der Waals surface area contributed by atoms with Crippen molar-refractivity contribution in [3.8, 4) is 12.0 Å². The van der Waals surface area contributed by atoms with Gasteiger partial charge in [0, 0.05) is 0 Å². The van der Waals surface area contributed by atoms with E-state index in [0.717, 1.165) is 0 Å². The smallest absolute Gasteiger partial charge is 0.326 e. The molecule has 72 valence electrons. The van der Waals surface area contributed by atoms with Crippen LogP contribution < -0.4 is 15.2 Å². The highest BCUT2D eigenvalue weighted by Crippen LogP contribution is 2.10. The number of alkyl halides is 2. The summed E-state index contributed by atoms with van der Waals surface area (Å²) in [6.45, 7) is -2.23. The van der Waals surface area contributed by atoms with Crippen molar-refractivity contribution in [2.24, 2.45) is 0 Å². The van der Waals surface area contributed by atoms with Crippen molar-refractivity contribution in [1.29, 1.82) is 0 Å². The molecule has 0 aliphatic carbocycles. The predicted molar refractivity (Wildman–Crippen MR) is 37.4 cm³/mol. The van der Waals surface area contributed by atoms with E-state index < -0.39 is 13.7 Å². The number of hydrogen-bond acceptors (Lipinski definition) is 6. The summed E-state index contributed by atoms with van der Waals surface area (Å²) in [5.41, 5.74) is 5.15. The lowest BCUT2D eigenvalue weighted by Crippen LogP contribution is -2.05. The highest BCUT2D eigenvalue weighted by Gasteiger charge is 2.05. The molecule has 6 nitrogen and oxygen atoms in total. The van der Waals surface area contributed by atoms with E-state index in [9.17, 15) is 8.78 Å². The summed E-state index contributed by atoms with van der Waals surface area (Å²) in [6, 6.07) is -0.697. The highest BCUT2D eigenvalue weighted by atomic mass is 19.1. The Labute approximate surface area is 71.7 Å². The Hall–Kier alpha value is -1.73. The van der Waals surface area contributed by atoms with Crippen molar-refractivity contribution in [2.45, 2.75) is 0 Å². The Bertz CT molecular complexity index is 261. The van der Waals surface area contributed by atoms with E-state index in [2.05, 4.69) is 24.4 Å². The van der Waals surface area contributed by atoms with E-state index in [1.165, 1.54) is 0 Å². The Balaban J connectivity index is 2.83. The van der Waals surface area contributed by atoms with Crippen molar-refractivity contribution in [2.75, 3.05) is 19.5 Å². The van der Waals surface area contributed by atoms with Gasteiger partial charge in [-0.1, -0.05) is 0 Å². The molecule has 0 saturated heterocycles. The van der Waals surface area contributed by atoms with Crippen LogP contribution in [0.1, 0.15) is 0 Å². The quantitative estimate of drug-likeness (QED) is 0.726. The molecule has 8 heteroatoms. The zero-order valence-corrected chi connectivity index (χ0v) is 6.41. The van der Waals surface area contributed by atoms with Crippen LogP contribution >= 0.6 is 0 Å². The molecule has 1 aromatic rings. The molecule has 0 aliphatic rings. The van der Waals surface area contributed by atoms with Gasteiger partial charge in [-0.25, -0.2) is 8.78 Å². The third-order valence-corrected chi connectivity index (χ3v) is 0.979. The zero-order valence-electron chi connectivity index (χ0n) is 6.41. The zero-order chi connectivity index (χ0) is 9.68. The Kier molecular flexibility index (Phi) is 3.12. The third kappa shape index (κ3) is 2.65. The second kappa shape index (κ2) is 4.33. The number of nitrogens with zero attached hydrogens (tertiary/aromatic N) is 3. The first-order chi connectivity index (χ1) is 6.26. The maximum atomic E-state index is 11.6. The fourth-order valence-corrected chi connectivity index (χ4v) is 0.579. The van der Waals surface area contributed by atoms with E-state index in [1.54, 1.807) is 0 Å². The number of ether oxygens (including phenoxy) is 2. The summed E-state index contributed by atoms with van der Waals surface area (Å²) in [7, 11) is 0. The fourth-order valence-electron chi connectivity index (χ4n) is 0.579. The van der Waals surface area contributed by atoms with Crippen LogP contribution in [0.2, 0.25) is 0 Å². The molecule has 1 rings (SSSR count). The van der Waals surface area contributed by atoms with Gasteiger partial charge >= 0.3 is 12.0 Å². The molecule has 0 saturated carbocycles. The number of halogens is 2. The number of rotatable bonds is 4. The van der Waals surface area contributed by atoms with Crippen LogP contribution in [-0.4, -0.2) is 28.7 Å². The highest BCUT2D eigenvalue weighted by molar-refractivity contribution is 5.20. The van der Waals surface area contributed by atoms with Gasteiger partial charge in [0.1, 0.15) is 0 Å². The van der Waals surface area contributed by atoms with E-state index in [-0.39, 0.29) is 18.0 Å². The maximum absolute atomic E-state index is 11.6. The third-order valence-electron chi connectivity index (χ3n) is 0.979. The van der Waals surface area contributed by atoms with Crippen molar-refractivity contribution in [1.82, 2.24) is 15.0 Å². The number of aromatic nitrogens is 3. The summed E-state index contributed by atoms with van der Waals surface area (Å²) in [5, 5.41) is 0. The van der Waals surface area contributed by atoms with E-state index in [0.29, 0.717) is 0 Å². The van der Waals surface area contributed by atoms with Crippen LogP contribution in [-0.2, 0) is 0 Å². The van der Waals surface area contributed by atoms with Crippen molar-refractivity contribution >= 4 is 5.95 Å². The Morgan fingerprint density at radius 3 is 1.85 bits per heavy atom. The van der Waals surface area contributed by atoms with Gasteiger partial charge in [0.05, 0.1) is 0 Å². The van der Waals surface area contributed by atoms with Crippen LogP contribution in [0.3, 0.4) is 0 Å². The average molecular weight is 192 g/mol. The molecule has 0 aromatic carbocycles. The molecule has 0 radical (unpaired) electrons. The van der Waals surface area contributed by atoms with E-state index in [1.807, 2.05) is 0 Å². The van der Waals surface area contributed by atoms with E-state index in [4.69, 9.17) is 5.73 Å². The lowest BCUT2D eigenvalue weighted by Gasteiger charge is -2.02. The van der Waals surface area contributed by atoms with Gasteiger partial charge < -0.3 is 15.2 Å². The summed E-state index contributed by atoms with van der Waals surface area (Å²) in [5.74, 6) is -0.234. The fraction of sp³-hybridized carbons (Fsp3) is 0.400. The molecule has 13 heavy (non-hydrogen) atoms. The molecule has 0 unspecified atom stereocenters. The van der Waals surface area contributed by atoms with Crippen molar-refractivity contribution in [3.63, 3.8) is 0 Å². The standard InChI is InChI=1S/C5H6F2N4O2/c6-1-12-4-9-3(8)10-5(11-4)13-2-7/h1-2H2,(H2,8,9,10,11). The number of nitrogen functional groups attached to an aromatic ring is 1. The average Bonchev–Trinajstić information content (AvgIpc) is 2.04. The van der Waals surface area contributed by atoms with Gasteiger partial charge in [-0.2, -0.15) is 9.97 Å². The Morgan fingerprint density at radius 2 is 1.46 bits per heavy atom. The van der Waals surface area contributed by atoms with Gasteiger partial charge in [-0.3, -0.25) is 0 Å². The first-order valence-electron chi connectivity index (χ1n) is 3.15. The summed E-state index contributed by atoms with van der Waals surface area (Å²) in [4.78, 5) is 10.2. The molecule has 0 bridgehead atoms. The lowest BCUT2D eigenvalue weighted by molar-refractivity contribution is 0.158. The molecular formula is C5H6F2N4O2. The topological polar surface area (TPSA) is 83.2 Å². The number of hydrogen-bond donors (Lipinski definition) is 1. The predicted octanol–water partition coefficient (Wildman–Crippen LogP) is 0.0654. The molecule has 0 aliphatic heterocycles. The lowest BCUT2D eigenvalue weighted by atomic mass is 10.9. The first-order valence-corrected chi connectivity index (χ1v) is 3.15. The van der Waals surface area contributed by atoms with Crippen molar-refractivity contribution < 1.29 is 18.3 Å². The summed E-state index contributed by atoms with van der Waals surface area (Å²) >= 11 is 0. The van der Waals surface area contributed by atoms with Crippen LogP contribution in [0.15, 0.2) is 0 Å². The van der Waals surface area contributed by atoms with Gasteiger partial charge in [-0.05, 0) is 0 Å². The number of anilines is 1. The molecule has 1 heterocycles. The van der Waals surface area contributed by atoms with Crippen LogP contribution in [0.5, 0.6) is 12.0 Å². The minimum atomic E-state index is -1.11. The molecule has 0 spiro atoms. The Morgan fingerprint density at radius 1 is 1.00 bits per heavy atom. The van der Waals surface area contributed by atoms with Crippen LogP contribution in [0, 0.1) is 0 Å². The van der Waals surface area contributed by atoms with Crippen molar-refractivity contribution in [3.05, 3.63) is 0 Å². The minimum absolute atomic E-state index is 0.234. The molecule has 0 atom stereocenters. The second-order valence-corrected chi connectivity index (χ2v) is 1.77. The van der Waals surface area contributed by atoms with E-state index >= 15 is 0 Å². The summed E-state index contributed by atoms with van der Waals surface area (Å²) in [6.07, 6.45) is 0.